The number of hydrogen-bond donors (Lipinski definition) is 2. The van der Waals surface area contributed by atoms with Crippen LogP contribution in [0.1, 0.15) is 23.5 Å². The Morgan fingerprint density at radius 2 is 2.00 bits per heavy atom. The van der Waals surface area contributed by atoms with Crippen molar-refractivity contribution in [3.8, 4) is 0 Å². The van der Waals surface area contributed by atoms with Gasteiger partial charge in [-0.15, -0.1) is 11.3 Å². The van der Waals surface area contributed by atoms with E-state index in [9.17, 15) is 19.7 Å². The average Bonchev–Trinajstić information content (AvgIpc) is 2.86. The molecule has 1 atom stereocenters. The lowest BCUT2D eigenvalue weighted by Gasteiger charge is -2.17. The van der Waals surface area contributed by atoms with Crippen molar-refractivity contribution in [1.29, 1.82) is 0 Å². The van der Waals surface area contributed by atoms with Crippen LogP contribution >= 0.6 is 11.3 Å². The van der Waals surface area contributed by atoms with Gasteiger partial charge in [-0.1, -0.05) is 13.8 Å². The number of carboxylic acids is 1. The Morgan fingerprint density at radius 3 is 2.55 bits per heavy atom. The Balaban J connectivity index is 2.28. The minimum atomic E-state index is -1.10. The number of carboxylic acid groups (broad SMARTS) is 1. The van der Waals surface area contributed by atoms with Gasteiger partial charge in [0.2, 0.25) is 0 Å². The van der Waals surface area contributed by atoms with E-state index >= 15 is 0 Å². The number of amides is 1. The van der Waals surface area contributed by atoms with Crippen LogP contribution in [0, 0.1) is 16.0 Å². The normalized spacial score (nSPS) is 12.3. The van der Waals surface area contributed by atoms with E-state index in [-0.39, 0.29) is 11.6 Å². The topological polar surface area (TPSA) is 110 Å². The SMILES string of the molecule is CC(C)C(NC(=O)c1cc2cc([N+](=O)[O-])ccc2s1)C(=O)O. The van der Waals surface area contributed by atoms with E-state index in [4.69, 9.17) is 5.11 Å². The van der Waals surface area contributed by atoms with Crippen LogP contribution in [-0.2, 0) is 4.79 Å². The average molecular weight is 322 g/mol. The summed E-state index contributed by atoms with van der Waals surface area (Å²) in [5.74, 6) is -1.85. The van der Waals surface area contributed by atoms with Crippen LogP contribution in [0.3, 0.4) is 0 Å². The van der Waals surface area contributed by atoms with Crippen LogP contribution in [0.2, 0.25) is 0 Å². The van der Waals surface area contributed by atoms with Crippen molar-refractivity contribution in [2.24, 2.45) is 5.92 Å². The van der Waals surface area contributed by atoms with Crippen molar-refractivity contribution in [1.82, 2.24) is 5.32 Å². The number of benzene rings is 1. The zero-order valence-electron chi connectivity index (χ0n) is 11.9. The Hall–Kier alpha value is -2.48. The van der Waals surface area contributed by atoms with E-state index < -0.39 is 22.8 Å². The Morgan fingerprint density at radius 1 is 1.32 bits per heavy atom. The minimum absolute atomic E-state index is 0.0529. The summed E-state index contributed by atoms with van der Waals surface area (Å²) in [5.41, 5.74) is -0.0529. The first-order valence-electron chi connectivity index (χ1n) is 6.51. The maximum Gasteiger partial charge on any atom is 0.326 e. The summed E-state index contributed by atoms with van der Waals surface area (Å²) in [6.45, 7) is 3.40. The first-order valence-corrected chi connectivity index (χ1v) is 7.33. The first-order chi connectivity index (χ1) is 10.3. The lowest BCUT2D eigenvalue weighted by atomic mass is 10.0. The molecule has 0 aliphatic carbocycles. The van der Waals surface area contributed by atoms with Crippen LogP contribution in [0.15, 0.2) is 24.3 Å². The van der Waals surface area contributed by atoms with E-state index in [1.54, 1.807) is 19.9 Å². The van der Waals surface area contributed by atoms with Crippen molar-refractivity contribution < 1.29 is 19.6 Å². The van der Waals surface area contributed by atoms with Gasteiger partial charge in [-0.05, 0) is 18.1 Å². The summed E-state index contributed by atoms with van der Waals surface area (Å²) in [6.07, 6.45) is 0. The monoisotopic (exact) mass is 322 g/mol. The third kappa shape index (κ3) is 3.22. The summed E-state index contributed by atoms with van der Waals surface area (Å²) in [5, 5.41) is 22.9. The van der Waals surface area contributed by atoms with Crippen LogP contribution in [0.4, 0.5) is 5.69 Å². The van der Waals surface area contributed by atoms with Gasteiger partial charge in [-0.3, -0.25) is 14.9 Å². The van der Waals surface area contributed by atoms with Crippen molar-refractivity contribution >= 4 is 39.0 Å². The smallest absolute Gasteiger partial charge is 0.326 e. The molecular formula is C14H14N2O5S. The minimum Gasteiger partial charge on any atom is -0.480 e. The highest BCUT2D eigenvalue weighted by molar-refractivity contribution is 7.20. The number of carbonyl (C=O) groups is 2. The molecule has 1 aromatic heterocycles. The maximum atomic E-state index is 12.2. The molecule has 2 aromatic rings. The third-order valence-electron chi connectivity index (χ3n) is 3.15. The second-order valence-electron chi connectivity index (χ2n) is 5.12. The number of non-ortho nitro benzene ring substituents is 1. The largest absolute Gasteiger partial charge is 0.480 e. The standard InChI is InChI=1S/C14H14N2O5S/c1-7(2)12(14(18)19)15-13(17)11-6-8-5-9(16(20)21)3-4-10(8)22-11/h3-7,12H,1-2H3,(H,15,17)(H,18,19). The molecule has 2 rings (SSSR count). The van der Waals surface area contributed by atoms with E-state index in [1.807, 2.05) is 0 Å². The van der Waals surface area contributed by atoms with Crippen molar-refractivity contribution in [2.75, 3.05) is 0 Å². The zero-order chi connectivity index (χ0) is 16.4. The fourth-order valence-corrected chi connectivity index (χ4v) is 2.93. The second-order valence-corrected chi connectivity index (χ2v) is 6.21. The summed E-state index contributed by atoms with van der Waals surface area (Å²) >= 11 is 1.16. The highest BCUT2D eigenvalue weighted by Crippen LogP contribution is 2.29. The Labute approximate surface area is 129 Å². The lowest BCUT2D eigenvalue weighted by Crippen LogP contribution is -2.44. The number of carbonyl (C=O) groups excluding carboxylic acids is 1. The Bertz CT molecular complexity index is 753. The summed E-state index contributed by atoms with van der Waals surface area (Å²) in [6, 6.07) is 4.88. The number of nitrogens with zero attached hydrogens (tertiary/aromatic N) is 1. The highest BCUT2D eigenvalue weighted by atomic mass is 32.1. The van der Waals surface area contributed by atoms with Crippen molar-refractivity contribution in [2.45, 2.75) is 19.9 Å². The van der Waals surface area contributed by atoms with Gasteiger partial charge in [-0.2, -0.15) is 0 Å². The molecule has 1 unspecified atom stereocenters. The number of nitro groups is 1. The predicted molar refractivity (Wildman–Crippen MR) is 82.2 cm³/mol. The molecule has 0 aliphatic rings. The highest BCUT2D eigenvalue weighted by Gasteiger charge is 2.24. The number of hydrogen-bond acceptors (Lipinski definition) is 5. The van der Waals surface area contributed by atoms with E-state index in [2.05, 4.69) is 5.32 Å². The molecule has 0 bridgehead atoms. The summed E-state index contributed by atoms with van der Waals surface area (Å²) in [7, 11) is 0. The van der Waals surface area contributed by atoms with E-state index in [0.29, 0.717) is 10.3 Å². The molecule has 1 heterocycles. The predicted octanol–water partition coefficient (Wildman–Crippen LogP) is 2.65. The molecule has 0 saturated heterocycles. The second kappa shape index (κ2) is 6.10. The van der Waals surface area contributed by atoms with Crippen LogP contribution < -0.4 is 5.32 Å². The number of nitrogens with one attached hydrogen (secondary N) is 1. The molecule has 22 heavy (non-hydrogen) atoms. The molecular weight excluding hydrogens is 308 g/mol. The molecule has 1 aromatic carbocycles. The quantitative estimate of drug-likeness (QED) is 0.649. The number of thiophene rings is 1. The van der Waals surface area contributed by atoms with E-state index in [1.165, 1.54) is 18.2 Å². The van der Waals surface area contributed by atoms with Crippen molar-refractivity contribution in [3.63, 3.8) is 0 Å². The summed E-state index contributed by atoms with van der Waals surface area (Å²) in [4.78, 5) is 33.8. The lowest BCUT2D eigenvalue weighted by molar-refractivity contribution is -0.384. The molecule has 0 fully saturated rings. The molecule has 0 aliphatic heterocycles. The number of rotatable bonds is 5. The molecule has 7 nitrogen and oxygen atoms in total. The number of fused-ring (bicyclic) bond motifs is 1. The van der Waals surface area contributed by atoms with Crippen LogP contribution in [0.25, 0.3) is 10.1 Å². The van der Waals surface area contributed by atoms with E-state index in [0.717, 1.165) is 16.0 Å². The van der Waals surface area contributed by atoms with Gasteiger partial charge in [-0.25, -0.2) is 4.79 Å². The van der Waals surface area contributed by atoms with Gasteiger partial charge in [0.1, 0.15) is 6.04 Å². The third-order valence-corrected chi connectivity index (χ3v) is 4.27. The van der Waals surface area contributed by atoms with Gasteiger partial charge in [0.05, 0.1) is 9.80 Å². The molecule has 0 spiro atoms. The molecule has 8 heteroatoms. The van der Waals surface area contributed by atoms with Crippen molar-refractivity contribution in [3.05, 3.63) is 39.3 Å². The molecule has 2 N–H and O–H groups in total. The Kier molecular flexibility index (Phi) is 4.41. The number of nitro benzene ring substituents is 1. The molecule has 0 radical (unpaired) electrons. The molecule has 1 amide bonds. The number of aliphatic carboxylic acids is 1. The fourth-order valence-electron chi connectivity index (χ4n) is 1.98. The molecule has 0 saturated carbocycles. The van der Waals surface area contributed by atoms with Gasteiger partial charge < -0.3 is 10.4 Å². The first kappa shape index (κ1) is 15.9. The maximum absolute atomic E-state index is 12.2. The zero-order valence-corrected chi connectivity index (χ0v) is 12.7. The van der Waals surface area contributed by atoms with Crippen LogP contribution in [-0.4, -0.2) is 27.9 Å². The fraction of sp³-hybridized carbons (Fsp3) is 0.286. The van der Waals surface area contributed by atoms with Crippen LogP contribution in [0.5, 0.6) is 0 Å². The van der Waals surface area contributed by atoms with Gasteiger partial charge in [0, 0.05) is 22.2 Å². The van der Waals surface area contributed by atoms with Gasteiger partial charge >= 0.3 is 5.97 Å². The summed E-state index contributed by atoms with van der Waals surface area (Å²) < 4.78 is 0.729. The van der Waals surface area contributed by atoms with Gasteiger partial charge in [0.25, 0.3) is 11.6 Å². The molecule has 116 valence electrons. The van der Waals surface area contributed by atoms with Gasteiger partial charge in [0.15, 0.2) is 0 Å².